The number of ether oxygens (including phenoxy) is 1. The summed E-state index contributed by atoms with van der Waals surface area (Å²) in [5.74, 6) is 0.658. The zero-order valence-corrected chi connectivity index (χ0v) is 20.1. The monoisotopic (exact) mass is 491 g/mol. The Kier molecular flexibility index (Phi) is 5.72. The van der Waals surface area contributed by atoms with Crippen molar-refractivity contribution in [2.75, 3.05) is 17.1 Å². The molecule has 0 saturated heterocycles. The zero-order chi connectivity index (χ0) is 24.7. The van der Waals surface area contributed by atoms with E-state index in [0.29, 0.717) is 11.4 Å². The van der Waals surface area contributed by atoms with E-state index in [9.17, 15) is 18.5 Å². The van der Waals surface area contributed by atoms with Gasteiger partial charge in [0.15, 0.2) is 0 Å². The maximum absolute atomic E-state index is 13.3. The Hall–Kier alpha value is -3.85. The fourth-order valence-electron chi connectivity index (χ4n) is 4.98. The van der Waals surface area contributed by atoms with Crippen LogP contribution in [0, 0.1) is 23.0 Å². The lowest BCUT2D eigenvalue weighted by atomic mass is 9.77. The van der Waals surface area contributed by atoms with Crippen LogP contribution in [0.5, 0.6) is 5.75 Å². The van der Waals surface area contributed by atoms with Crippen molar-refractivity contribution in [3.8, 4) is 5.75 Å². The van der Waals surface area contributed by atoms with Crippen molar-refractivity contribution in [2.45, 2.75) is 30.2 Å². The van der Waals surface area contributed by atoms with Gasteiger partial charge in [0.1, 0.15) is 5.75 Å². The number of nitrogens with one attached hydrogen (secondary N) is 2. The van der Waals surface area contributed by atoms with Crippen molar-refractivity contribution >= 4 is 27.1 Å². The molecule has 0 amide bonds. The lowest BCUT2D eigenvalue weighted by molar-refractivity contribution is -0.384. The molecule has 2 N–H and O–H groups in total. The van der Waals surface area contributed by atoms with Crippen LogP contribution >= 0.6 is 0 Å². The molecule has 1 heterocycles. The van der Waals surface area contributed by atoms with Gasteiger partial charge in [-0.2, -0.15) is 0 Å². The second-order valence-corrected chi connectivity index (χ2v) is 10.6. The first kappa shape index (κ1) is 22.9. The third-order valence-electron chi connectivity index (χ3n) is 6.71. The molecule has 5 rings (SSSR count). The van der Waals surface area contributed by atoms with Gasteiger partial charge >= 0.3 is 0 Å². The van der Waals surface area contributed by atoms with E-state index in [1.54, 1.807) is 42.5 Å². The molecule has 0 unspecified atom stereocenters. The molecule has 0 fully saturated rings. The van der Waals surface area contributed by atoms with E-state index in [0.717, 1.165) is 28.8 Å². The van der Waals surface area contributed by atoms with Crippen LogP contribution in [0.25, 0.3) is 0 Å². The highest BCUT2D eigenvalue weighted by Gasteiger charge is 2.38. The first-order valence-corrected chi connectivity index (χ1v) is 12.7. The van der Waals surface area contributed by atoms with Crippen LogP contribution in [-0.2, 0) is 10.0 Å². The number of allylic oxidation sites excluding steroid dienone is 2. The van der Waals surface area contributed by atoms with Gasteiger partial charge in [-0.1, -0.05) is 30.4 Å². The van der Waals surface area contributed by atoms with Crippen molar-refractivity contribution in [3.63, 3.8) is 0 Å². The predicted octanol–water partition coefficient (Wildman–Crippen LogP) is 5.54. The van der Waals surface area contributed by atoms with Crippen molar-refractivity contribution in [2.24, 2.45) is 5.92 Å². The molecular weight excluding hydrogens is 466 g/mol. The van der Waals surface area contributed by atoms with Crippen LogP contribution in [-0.4, -0.2) is 20.5 Å². The van der Waals surface area contributed by atoms with Crippen LogP contribution in [0.2, 0.25) is 0 Å². The van der Waals surface area contributed by atoms with Gasteiger partial charge < -0.3 is 10.1 Å². The van der Waals surface area contributed by atoms with Crippen LogP contribution in [0.4, 0.5) is 17.1 Å². The number of non-ortho nitro benzene ring substituents is 1. The van der Waals surface area contributed by atoms with Gasteiger partial charge in [0.05, 0.1) is 28.7 Å². The largest absolute Gasteiger partial charge is 0.495 e. The van der Waals surface area contributed by atoms with Crippen LogP contribution in [0.3, 0.4) is 0 Å². The summed E-state index contributed by atoms with van der Waals surface area (Å²) in [6.45, 7) is 1.88. The Morgan fingerprint density at radius 3 is 2.57 bits per heavy atom. The number of nitro benzene ring substituents is 1. The van der Waals surface area contributed by atoms with E-state index < -0.39 is 14.9 Å². The Labute approximate surface area is 203 Å². The van der Waals surface area contributed by atoms with Crippen molar-refractivity contribution in [1.29, 1.82) is 0 Å². The van der Waals surface area contributed by atoms with Gasteiger partial charge in [-0.3, -0.25) is 14.8 Å². The summed E-state index contributed by atoms with van der Waals surface area (Å²) < 4.78 is 34.5. The number of aryl methyl sites for hydroxylation is 1. The second-order valence-electron chi connectivity index (χ2n) is 8.88. The molecule has 9 heteroatoms. The van der Waals surface area contributed by atoms with E-state index in [1.165, 1.54) is 19.2 Å². The van der Waals surface area contributed by atoms with Crippen molar-refractivity contribution in [1.82, 2.24) is 0 Å². The lowest BCUT2D eigenvalue weighted by Gasteiger charge is -2.37. The molecule has 35 heavy (non-hydrogen) atoms. The Balaban J connectivity index is 1.47. The van der Waals surface area contributed by atoms with Crippen LogP contribution in [0.1, 0.15) is 35.1 Å². The summed E-state index contributed by atoms with van der Waals surface area (Å²) in [6.07, 6.45) is 5.06. The molecule has 0 aromatic heterocycles. The fourth-order valence-corrected chi connectivity index (χ4v) is 6.07. The van der Waals surface area contributed by atoms with E-state index in [4.69, 9.17) is 4.74 Å². The van der Waals surface area contributed by atoms with E-state index in [1.807, 2.05) is 13.0 Å². The minimum atomic E-state index is -3.85. The third-order valence-corrected chi connectivity index (χ3v) is 8.07. The van der Waals surface area contributed by atoms with Gasteiger partial charge in [0.2, 0.25) is 0 Å². The van der Waals surface area contributed by atoms with Gasteiger partial charge in [0, 0.05) is 23.7 Å². The Bertz CT molecular complexity index is 1430. The molecule has 8 nitrogen and oxygen atoms in total. The summed E-state index contributed by atoms with van der Waals surface area (Å²) >= 11 is 0. The molecule has 180 valence electrons. The molecule has 3 atom stereocenters. The van der Waals surface area contributed by atoms with Crippen LogP contribution < -0.4 is 14.8 Å². The number of hydrogen-bond acceptors (Lipinski definition) is 6. The number of sulfonamides is 1. The van der Waals surface area contributed by atoms with Gasteiger partial charge in [-0.05, 0) is 66.3 Å². The smallest absolute Gasteiger partial charge is 0.269 e. The standard InChI is InChI=1S/C26H25N3O5S/c1-16-6-13-25(34-2)24(14-16)28-35(32,33)19-11-12-23-22(15-19)20-4-3-5-21(20)26(27-23)17-7-9-18(10-8-17)29(30)31/h3-4,6-15,20-21,26-28H,5H2,1-2H3/t20-,21+,26+/m0/s1. The number of fused-ring (bicyclic) bond motifs is 3. The number of rotatable bonds is 6. The van der Waals surface area contributed by atoms with E-state index >= 15 is 0 Å². The Morgan fingerprint density at radius 1 is 1.09 bits per heavy atom. The normalized spacial score (nSPS) is 20.5. The van der Waals surface area contributed by atoms with Crippen molar-refractivity contribution in [3.05, 3.63) is 99.6 Å². The average molecular weight is 492 g/mol. The molecule has 0 saturated carbocycles. The number of hydrogen-bond donors (Lipinski definition) is 2. The number of benzene rings is 3. The topological polar surface area (TPSA) is 111 Å². The predicted molar refractivity (Wildman–Crippen MR) is 134 cm³/mol. The molecular formula is C26H25N3O5S. The molecule has 0 radical (unpaired) electrons. The zero-order valence-electron chi connectivity index (χ0n) is 19.3. The minimum absolute atomic E-state index is 0.0371. The van der Waals surface area contributed by atoms with Gasteiger partial charge in [0.25, 0.3) is 15.7 Å². The summed E-state index contributed by atoms with van der Waals surface area (Å²) in [4.78, 5) is 10.8. The maximum atomic E-state index is 13.3. The summed E-state index contributed by atoms with van der Waals surface area (Å²) in [6, 6.07) is 17.0. The molecule has 0 bridgehead atoms. The van der Waals surface area contributed by atoms with Crippen LogP contribution in [0.15, 0.2) is 77.7 Å². The lowest BCUT2D eigenvalue weighted by Crippen LogP contribution is -2.29. The Morgan fingerprint density at radius 2 is 1.86 bits per heavy atom. The summed E-state index contributed by atoms with van der Waals surface area (Å²) in [5, 5.41) is 14.6. The van der Waals surface area contributed by atoms with Gasteiger partial charge in [-0.25, -0.2) is 8.42 Å². The molecule has 0 spiro atoms. The summed E-state index contributed by atoms with van der Waals surface area (Å²) in [5.41, 5.74) is 4.09. The second kappa shape index (κ2) is 8.74. The van der Waals surface area contributed by atoms with Crippen molar-refractivity contribution < 1.29 is 18.1 Å². The SMILES string of the molecule is COc1ccc(C)cc1NS(=O)(=O)c1ccc2c(c1)[C@H]1C=CC[C@H]1[C@@H](c1ccc([N+](=O)[O-])cc1)N2. The summed E-state index contributed by atoms with van der Waals surface area (Å²) in [7, 11) is -2.35. The molecule has 3 aromatic rings. The average Bonchev–Trinajstić information content (AvgIpc) is 3.33. The molecule has 1 aliphatic heterocycles. The van der Waals surface area contributed by atoms with E-state index in [-0.39, 0.29) is 28.5 Å². The van der Waals surface area contributed by atoms with E-state index in [2.05, 4.69) is 22.2 Å². The quantitative estimate of drug-likeness (QED) is 0.266. The number of nitro groups is 1. The number of nitrogens with zero attached hydrogens (tertiary/aromatic N) is 1. The van der Waals surface area contributed by atoms with Gasteiger partial charge in [-0.15, -0.1) is 0 Å². The highest BCUT2D eigenvalue weighted by molar-refractivity contribution is 7.92. The first-order chi connectivity index (χ1) is 16.8. The highest BCUT2D eigenvalue weighted by Crippen LogP contribution is 2.50. The number of methoxy groups -OCH3 is 1. The molecule has 2 aliphatic rings. The molecule has 3 aromatic carbocycles. The minimum Gasteiger partial charge on any atom is -0.495 e. The maximum Gasteiger partial charge on any atom is 0.269 e. The fraction of sp³-hybridized carbons (Fsp3) is 0.231. The third kappa shape index (κ3) is 4.23. The highest BCUT2D eigenvalue weighted by atomic mass is 32.2. The first-order valence-electron chi connectivity index (χ1n) is 11.3. The number of anilines is 2. The molecule has 1 aliphatic carbocycles.